The minimum atomic E-state index is -1.35. The number of hydrogen-bond acceptors (Lipinski definition) is 8. The van der Waals surface area contributed by atoms with Crippen LogP contribution >= 0.6 is 0 Å². The summed E-state index contributed by atoms with van der Waals surface area (Å²) in [4.78, 5) is 37.9. The number of hydrogen-bond donors (Lipinski definition) is 3. The van der Waals surface area contributed by atoms with Crippen LogP contribution < -0.4 is 15.6 Å². The van der Waals surface area contributed by atoms with Gasteiger partial charge < -0.3 is 29.9 Å². The van der Waals surface area contributed by atoms with Crippen molar-refractivity contribution in [2.75, 3.05) is 51.0 Å². The SMILES string of the molecule is CNc1cc(F)c(F)c2c1Cc1ncc(-c3cnc4c(c3)c(=O)c(C(=O)O)cn4C)c(N3CCC(O)(CN(C)C)C3)c1-2. The van der Waals surface area contributed by atoms with E-state index in [1.165, 1.54) is 10.8 Å². The van der Waals surface area contributed by atoms with E-state index in [0.717, 1.165) is 6.07 Å². The fourth-order valence-electron chi connectivity index (χ4n) is 6.40. The third-order valence-corrected chi connectivity index (χ3v) is 8.13. The molecule has 0 bridgehead atoms. The van der Waals surface area contributed by atoms with Gasteiger partial charge in [-0.1, -0.05) is 0 Å². The number of aliphatic hydroxyl groups is 1. The number of halogens is 2. The maximum Gasteiger partial charge on any atom is 0.341 e. The molecule has 0 spiro atoms. The van der Waals surface area contributed by atoms with Crippen molar-refractivity contribution >= 4 is 28.4 Å². The molecule has 4 aromatic rings. The number of nitrogens with one attached hydrogen (secondary N) is 1. The first-order valence-electron chi connectivity index (χ1n) is 13.5. The van der Waals surface area contributed by atoms with E-state index in [1.54, 1.807) is 32.6 Å². The molecule has 1 atom stereocenters. The Labute approximate surface area is 239 Å². The fourth-order valence-corrected chi connectivity index (χ4v) is 6.40. The Morgan fingerprint density at radius 2 is 1.95 bits per heavy atom. The molecule has 0 amide bonds. The number of fused-ring (bicyclic) bond motifs is 4. The maximum atomic E-state index is 15.6. The molecule has 42 heavy (non-hydrogen) atoms. The van der Waals surface area contributed by atoms with Crippen molar-refractivity contribution < 1.29 is 23.8 Å². The summed E-state index contributed by atoms with van der Waals surface area (Å²) in [5, 5.41) is 24.0. The molecule has 12 heteroatoms. The standard InChI is InChI=1S/C30H30F2N6O4/c1-33-21-9-20(31)25(32)23-16(21)8-22-24(23)26(38-6-5-30(42,14-38)13-36(2)3)18(11-34-22)15-7-17-27(39)19(29(40)41)12-37(4)28(17)35-10-15/h7,9-12,33,42H,5-6,8,13-14H2,1-4H3,(H,40,41). The summed E-state index contributed by atoms with van der Waals surface area (Å²) in [7, 11) is 6.99. The summed E-state index contributed by atoms with van der Waals surface area (Å²) >= 11 is 0. The summed E-state index contributed by atoms with van der Waals surface area (Å²) in [6.07, 6.45) is 5.12. The van der Waals surface area contributed by atoms with Gasteiger partial charge in [-0.15, -0.1) is 0 Å². The number of carbonyl (C=O) groups is 1. The summed E-state index contributed by atoms with van der Waals surface area (Å²) in [5.74, 6) is -3.33. The van der Waals surface area contributed by atoms with Gasteiger partial charge in [-0.05, 0) is 32.1 Å². The monoisotopic (exact) mass is 576 g/mol. The molecule has 1 aliphatic heterocycles. The zero-order valence-corrected chi connectivity index (χ0v) is 23.6. The molecule has 3 N–H and O–H groups in total. The highest BCUT2D eigenvalue weighted by Gasteiger charge is 2.41. The van der Waals surface area contributed by atoms with E-state index in [0.29, 0.717) is 64.5 Å². The highest BCUT2D eigenvalue weighted by atomic mass is 19.2. The van der Waals surface area contributed by atoms with E-state index >= 15 is 4.39 Å². The molecule has 1 saturated heterocycles. The first-order valence-corrected chi connectivity index (χ1v) is 13.5. The number of aryl methyl sites for hydroxylation is 1. The second-order valence-corrected chi connectivity index (χ2v) is 11.4. The van der Waals surface area contributed by atoms with Crippen LogP contribution in [0.4, 0.5) is 20.2 Å². The molecule has 0 saturated carbocycles. The third-order valence-electron chi connectivity index (χ3n) is 8.13. The van der Waals surface area contributed by atoms with E-state index in [-0.39, 0.29) is 23.9 Å². The molecule has 0 radical (unpaired) electrons. The van der Waals surface area contributed by atoms with Crippen LogP contribution in [0.15, 0.2) is 35.5 Å². The van der Waals surface area contributed by atoms with Crippen LogP contribution in [0.3, 0.4) is 0 Å². The molecule has 6 rings (SSSR count). The van der Waals surface area contributed by atoms with E-state index in [9.17, 15) is 24.2 Å². The number of aromatic nitrogens is 3. The zero-order valence-electron chi connectivity index (χ0n) is 23.6. The van der Waals surface area contributed by atoms with Gasteiger partial charge in [0.05, 0.1) is 22.4 Å². The molecular weight excluding hydrogens is 546 g/mol. The Morgan fingerprint density at radius 1 is 1.19 bits per heavy atom. The number of rotatable bonds is 6. The number of aromatic carboxylic acids is 1. The molecule has 218 valence electrons. The van der Waals surface area contributed by atoms with Gasteiger partial charge in [0.15, 0.2) is 11.6 Å². The number of carboxylic acids is 1. The minimum Gasteiger partial charge on any atom is -0.477 e. The Balaban J connectivity index is 1.63. The summed E-state index contributed by atoms with van der Waals surface area (Å²) in [6.45, 7) is 1.07. The predicted octanol–water partition coefficient (Wildman–Crippen LogP) is 3.09. The molecule has 1 aromatic carbocycles. The summed E-state index contributed by atoms with van der Waals surface area (Å²) in [5.41, 5.74) is 1.81. The lowest BCUT2D eigenvalue weighted by Crippen LogP contribution is -2.42. The zero-order chi connectivity index (χ0) is 30.1. The number of nitrogens with zero attached hydrogens (tertiary/aromatic N) is 5. The highest BCUT2D eigenvalue weighted by Crippen LogP contribution is 2.51. The van der Waals surface area contributed by atoms with E-state index in [1.807, 2.05) is 23.9 Å². The number of pyridine rings is 3. The van der Waals surface area contributed by atoms with E-state index < -0.39 is 34.2 Å². The van der Waals surface area contributed by atoms with E-state index in [4.69, 9.17) is 0 Å². The van der Waals surface area contributed by atoms with Gasteiger partial charge in [0, 0.05) is 92.7 Å². The van der Waals surface area contributed by atoms with Gasteiger partial charge in [0.25, 0.3) is 0 Å². The normalized spacial score (nSPS) is 17.7. The van der Waals surface area contributed by atoms with Crippen molar-refractivity contribution in [3.63, 3.8) is 0 Å². The number of benzene rings is 1. The lowest BCUT2D eigenvalue weighted by Gasteiger charge is -2.29. The average Bonchev–Trinajstić information content (AvgIpc) is 3.52. The molecule has 2 aliphatic rings. The lowest BCUT2D eigenvalue weighted by atomic mass is 9.97. The van der Waals surface area contributed by atoms with Crippen molar-refractivity contribution in [1.29, 1.82) is 0 Å². The number of anilines is 2. The van der Waals surface area contributed by atoms with Crippen LogP contribution in [0.1, 0.15) is 28.0 Å². The Kier molecular flexibility index (Phi) is 6.50. The number of likely N-dealkylation sites (N-methyl/N-ethyl adjacent to an activating group) is 1. The van der Waals surface area contributed by atoms with Crippen LogP contribution in [0, 0.1) is 11.6 Å². The highest BCUT2D eigenvalue weighted by molar-refractivity contribution is 5.98. The van der Waals surface area contributed by atoms with Gasteiger partial charge in [-0.25, -0.2) is 18.6 Å². The van der Waals surface area contributed by atoms with Crippen molar-refractivity contribution in [2.45, 2.75) is 18.4 Å². The van der Waals surface area contributed by atoms with Gasteiger partial charge in [0.1, 0.15) is 11.2 Å². The minimum absolute atomic E-state index is 0.0991. The Hall–Kier alpha value is -4.42. The quantitative estimate of drug-likeness (QED) is 0.280. The van der Waals surface area contributed by atoms with Crippen LogP contribution in [0.5, 0.6) is 0 Å². The van der Waals surface area contributed by atoms with Gasteiger partial charge >= 0.3 is 5.97 Å². The topological polar surface area (TPSA) is 124 Å². The Morgan fingerprint density at radius 3 is 2.64 bits per heavy atom. The van der Waals surface area contributed by atoms with Crippen LogP contribution in [0.25, 0.3) is 33.3 Å². The first kappa shape index (κ1) is 27.7. The molecule has 1 unspecified atom stereocenters. The second kappa shape index (κ2) is 9.85. The van der Waals surface area contributed by atoms with Crippen molar-refractivity contribution in [3.8, 4) is 22.3 Å². The smallest absolute Gasteiger partial charge is 0.341 e. The molecule has 1 fully saturated rings. The second-order valence-electron chi connectivity index (χ2n) is 11.4. The largest absolute Gasteiger partial charge is 0.477 e. The summed E-state index contributed by atoms with van der Waals surface area (Å²) < 4.78 is 32.0. The van der Waals surface area contributed by atoms with Gasteiger partial charge in [0.2, 0.25) is 5.43 Å². The number of β-amino-alcohol motifs (C(OH)–C–C–N with tert-alkyl or cyclic N) is 1. The van der Waals surface area contributed by atoms with Crippen molar-refractivity contribution in [1.82, 2.24) is 19.4 Å². The Bertz CT molecular complexity index is 1860. The van der Waals surface area contributed by atoms with Crippen molar-refractivity contribution in [2.24, 2.45) is 7.05 Å². The van der Waals surface area contributed by atoms with Crippen LogP contribution in [-0.4, -0.2) is 82.0 Å². The van der Waals surface area contributed by atoms with Gasteiger partial charge in [-0.2, -0.15) is 0 Å². The van der Waals surface area contributed by atoms with Crippen molar-refractivity contribution in [3.05, 3.63) is 69.4 Å². The molecular formula is C30H30F2N6O4. The van der Waals surface area contributed by atoms with Gasteiger partial charge in [-0.3, -0.25) is 9.78 Å². The molecule has 3 aromatic heterocycles. The molecule has 10 nitrogen and oxygen atoms in total. The van der Waals surface area contributed by atoms with Crippen LogP contribution in [-0.2, 0) is 13.5 Å². The molecule has 1 aliphatic carbocycles. The summed E-state index contributed by atoms with van der Waals surface area (Å²) in [6, 6.07) is 2.69. The third kappa shape index (κ3) is 4.29. The lowest BCUT2D eigenvalue weighted by molar-refractivity contribution is 0.0366. The predicted molar refractivity (Wildman–Crippen MR) is 155 cm³/mol. The van der Waals surface area contributed by atoms with E-state index in [2.05, 4.69) is 15.3 Å². The fraction of sp³-hybridized carbons (Fsp3) is 0.333. The maximum absolute atomic E-state index is 15.6. The molecule has 4 heterocycles. The average molecular weight is 577 g/mol. The first-order chi connectivity index (χ1) is 19.9. The van der Waals surface area contributed by atoms with Crippen LogP contribution in [0.2, 0.25) is 0 Å². The number of carboxylic acid groups (broad SMARTS) is 1.